The van der Waals surface area contributed by atoms with Gasteiger partial charge in [-0.25, -0.2) is 0 Å². The average Bonchev–Trinajstić information content (AvgIpc) is 2.48. The Kier molecular flexibility index (Phi) is 1.66. The van der Waals surface area contributed by atoms with Crippen molar-refractivity contribution in [2.75, 3.05) is 0 Å². The van der Waals surface area contributed by atoms with Gasteiger partial charge < -0.3 is 4.52 Å². The molecular weight excluding hydrogens is 196 g/mol. The van der Waals surface area contributed by atoms with Gasteiger partial charge in [0, 0.05) is 17.5 Å². The van der Waals surface area contributed by atoms with Crippen molar-refractivity contribution in [1.82, 2.24) is 5.16 Å². The van der Waals surface area contributed by atoms with Crippen molar-refractivity contribution in [3.63, 3.8) is 0 Å². The molecule has 1 heterocycles. The molecule has 0 aliphatic rings. The number of nitrogens with zero attached hydrogens (tertiary/aromatic N) is 2. The topological polar surface area (TPSA) is 69.2 Å². The molecule has 1 aromatic heterocycles. The van der Waals surface area contributed by atoms with Crippen LogP contribution in [0.5, 0.6) is 0 Å². The Morgan fingerprint density at radius 3 is 3.00 bits per heavy atom. The van der Waals surface area contributed by atoms with Crippen molar-refractivity contribution in [3.05, 3.63) is 33.5 Å². The standard InChI is InChI=1S/C7H3ClN2O3/c8-5-2-7-4(3-9-13-7)1-6(5)10(11)12/h1-3H. The fourth-order valence-corrected chi connectivity index (χ4v) is 1.24. The molecule has 1 aromatic carbocycles. The van der Waals surface area contributed by atoms with E-state index in [9.17, 15) is 10.1 Å². The van der Waals surface area contributed by atoms with Gasteiger partial charge >= 0.3 is 0 Å². The van der Waals surface area contributed by atoms with Gasteiger partial charge in [-0.15, -0.1) is 0 Å². The van der Waals surface area contributed by atoms with E-state index in [0.29, 0.717) is 11.0 Å². The van der Waals surface area contributed by atoms with Crippen LogP contribution in [0.25, 0.3) is 11.0 Å². The first-order chi connectivity index (χ1) is 6.18. The summed E-state index contributed by atoms with van der Waals surface area (Å²) < 4.78 is 4.78. The Morgan fingerprint density at radius 2 is 2.31 bits per heavy atom. The van der Waals surface area contributed by atoms with Crippen LogP contribution in [0.2, 0.25) is 5.02 Å². The number of fused-ring (bicyclic) bond motifs is 1. The first-order valence-electron chi connectivity index (χ1n) is 3.37. The molecule has 0 bridgehead atoms. The zero-order valence-corrected chi connectivity index (χ0v) is 6.99. The van der Waals surface area contributed by atoms with Crippen molar-refractivity contribution < 1.29 is 9.45 Å². The summed E-state index contributed by atoms with van der Waals surface area (Å²) in [6.07, 6.45) is 1.40. The van der Waals surface area contributed by atoms with Gasteiger partial charge in [0.25, 0.3) is 5.69 Å². The van der Waals surface area contributed by atoms with E-state index in [4.69, 9.17) is 16.1 Å². The summed E-state index contributed by atoms with van der Waals surface area (Å²) >= 11 is 5.63. The summed E-state index contributed by atoms with van der Waals surface area (Å²) in [5.41, 5.74) is 0.299. The van der Waals surface area contributed by atoms with E-state index >= 15 is 0 Å². The molecule has 0 spiro atoms. The zero-order valence-electron chi connectivity index (χ0n) is 6.23. The van der Waals surface area contributed by atoms with Gasteiger partial charge in [-0.3, -0.25) is 10.1 Å². The lowest BCUT2D eigenvalue weighted by Crippen LogP contribution is -1.88. The van der Waals surface area contributed by atoms with Gasteiger partial charge in [-0.05, 0) is 0 Å². The molecule has 0 aliphatic heterocycles. The summed E-state index contributed by atoms with van der Waals surface area (Å²) in [5.74, 6) is 0. The molecule has 66 valence electrons. The largest absolute Gasteiger partial charge is 0.356 e. The van der Waals surface area contributed by atoms with E-state index in [-0.39, 0.29) is 10.7 Å². The summed E-state index contributed by atoms with van der Waals surface area (Å²) in [7, 11) is 0. The maximum atomic E-state index is 10.5. The molecule has 5 nitrogen and oxygen atoms in total. The molecule has 0 N–H and O–H groups in total. The lowest BCUT2D eigenvalue weighted by molar-refractivity contribution is -0.384. The van der Waals surface area contributed by atoms with Gasteiger partial charge in [0.15, 0.2) is 5.58 Å². The lowest BCUT2D eigenvalue weighted by atomic mass is 10.2. The van der Waals surface area contributed by atoms with E-state index in [2.05, 4.69) is 5.16 Å². The Morgan fingerprint density at radius 1 is 1.54 bits per heavy atom. The number of nitro benzene ring substituents is 1. The van der Waals surface area contributed by atoms with Gasteiger partial charge in [-0.1, -0.05) is 16.8 Å². The van der Waals surface area contributed by atoms with E-state index in [1.807, 2.05) is 0 Å². The second-order valence-corrected chi connectivity index (χ2v) is 2.83. The third-order valence-corrected chi connectivity index (χ3v) is 1.92. The molecule has 13 heavy (non-hydrogen) atoms. The Hall–Kier alpha value is -1.62. The third kappa shape index (κ3) is 1.23. The van der Waals surface area contributed by atoms with E-state index in [1.165, 1.54) is 18.3 Å². The average molecular weight is 199 g/mol. The van der Waals surface area contributed by atoms with Crippen molar-refractivity contribution in [2.45, 2.75) is 0 Å². The molecule has 0 saturated carbocycles. The minimum Gasteiger partial charge on any atom is -0.356 e. The molecular formula is C7H3ClN2O3. The summed E-state index contributed by atoms with van der Waals surface area (Å²) in [4.78, 5) is 9.91. The van der Waals surface area contributed by atoms with Crippen LogP contribution in [-0.4, -0.2) is 10.1 Å². The fraction of sp³-hybridized carbons (Fsp3) is 0. The first-order valence-corrected chi connectivity index (χ1v) is 3.74. The van der Waals surface area contributed by atoms with Crippen molar-refractivity contribution in [3.8, 4) is 0 Å². The monoisotopic (exact) mass is 198 g/mol. The summed E-state index contributed by atoms with van der Waals surface area (Å²) in [6.45, 7) is 0. The molecule has 6 heteroatoms. The second kappa shape index (κ2) is 2.70. The number of hydrogen-bond donors (Lipinski definition) is 0. The smallest absolute Gasteiger partial charge is 0.288 e. The Balaban J connectivity index is 2.76. The van der Waals surface area contributed by atoms with Crippen LogP contribution in [-0.2, 0) is 0 Å². The second-order valence-electron chi connectivity index (χ2n) is 2.42. The van der Waals surface area contributed by atoms with Gasteiger partial charge in [0.1, 0.15) is 5.02 Å². The van der Waals surface area contributed by atoms with Gasteiger partial charge in [0.05, 0.1) is 11.1 Å². The van der Waals surface area contributed by atoms with Crippen LogP contribution in [0.3, 0.4) is 0 Å². The molecule has 0 saturated heterocycles. The van der Waals surface area contributed by atoms with Crippen LogP contribution in [0.4, 0.5) is 5.69 Å². The maximum Gasteiger partial charge on any atom is 0.288 e. The number of benzene rings is 1. The SMILES string of the molecule is O=[N+]([O-])c1cc2cnoc2cc1Cl. The third-order valence-electron chi connectivity index (χ3n) is 1.62. The zero-order chi connectivity index (χ0) is 9.42. The molecule has 2 aromatic rings. The highest BCUT2D eigenvalue weighted by molar-refractivity contribution is 6.33. The molecule has 0 radical (unpaired) electrons. The van der Waals surface area contributed by atoms with Crippen LogP contribution in [0.1, 0.15) is 0 Å². The fourth-order valence-electron chi connectivity index (χ4n) is 1.02. The van der Waals surface area contributed by atoms with Crippen LogP contribution in [0, 0.1) is 10.1 Å². The number of halogens is 1. The van der Waals surface area contributed by atoms with Crippen molar-refractivity contribution in [2.24, 2.45) is 0 Å². The molecule has 0 fully saturated rings. The number of aromatic nitrogens is 1. The maximum absolute atomic E-state index is 10.5. The minimum atomic E-state index is -0.547. The number of hydrogen-bond acceptors (Lipinski definition) is 4. The Labute approximate surface area is 77.0 Å². The highest BCUT2D eigenvalue weighted by Gasteiger charge is 2.14. The predicted octanol–water partition coefficient (Wildman–Crippen LogP) is 2.39. The quantitative estimate of drug-likeness (QED) is 0.521. The van der Waals surface area contributed by atoms with Crippen LogP contribution >= 0.6 is 11.6 Å². The first kappa shape index (κ1) is 8.00. The van der Waals surface area contributed by atoms with Crippen molar-refractivity contribution >= 4 is 28.3 Å². The molecule has 2 rings (SSSR count). The Bertz CT molecular complexity index is 480. The molecule has 0 amide bonds. The lowest BCUT2D eigenvalue weighted by Gasteiger charge is -1.92. The van der Waals surface area contributed by atoms with Gasteiger partial charge in [0.2, 0.25) is 0 Å². The van der Waals surface area contributed by atoms with Crippen molar-refractivity contribution in [1.29, 1.82) is 0 Å². The summed E-state index contributed by atoms with van der Waals surface area (Å²) in [5, 5.41) is 14.6. The van der Waals surface area contributed by atoms with E-state index in [1.54, 1.807) is 0 Å². The van der Waals surface area contributed by atoms with E-state index < -0.39 is 4.92 Å². The normalized spacial score (nSPS) is 10.5. The van der Waals surface area contributed by atoms with Gasteiger partial charge in [-0.2, -0.15) is 0 Å². The predicted molar refractivity (Wildman–Crippen MR) is 45.7 cm³/mol. The van der Waals surface area contributed by atoms with Crippen LogP contribution < -0.4 is 0 Å². The number of nitro groups is 1. The summed E-state index contributed by atoms with van der Waals surface area (Å²) in [6, 6.07) is 2.70. The highest BCUT2D eigenvalue weighted by Crippen LogP contribution is 2.29. The molecule has 0 atom stereocenters. The van der Waals surface area contributed by atoms with Crippen LogP contribution in [0.15, 0.2) is 22.9 Å². The number of rotatable bonds is 1. The highest BCUT2D eigenvalue weighted by atomic mass is 35.5. The molecule has 0 unspecified atom stereocenters. The molecule has 0 aliphatic carbocycles. The minimum absolute atomic E-state index is 0.0502. The van der Waals surface area contributed by atoms with E-state index in [0.717, 1.165) is 0 Å².